The normalized spacial score (nSPS) is 12.4. The summed E-state index contributed by atoms with van der Waals surface area (Å²) in [5, 5.41) is 5.69. The van der Waals surface area contributed by atoms with Gasteiger partial charge in [0.15, 0.2) is 12.2 Å². The van der Waals surface area contributed by atoms with E-state index in [2.05, 4.69) is 10.6 Å². The second-order valence-corrected chi connectivity index (χ2v) is 7.15. The van der Waals surface area contributed by atoms with Gasteiger partial charge in [0.05, 0.1) is 0 Å². The molecule has 3 rings (SSSR count). The third-order valence-corrected chi connectivity index (χ3v) is 4.61. The number of ether oxygens (including phenoxy) is 2. The Labute approximate surface area is 182 Å². The van der Waals surface area contributed by atoms with Gasteiger partial charge in [0.1, 0.15) is 11.5 Å². The molecule has 3 aromatic rings. The standard InChI is InChI=1S/C25H26N2O4/c1-17-14-15-20(26-24(28)18(2)30-21-10-6-4-7-11-21)16-23(17)27-25(29)19(3)31-22-12-8-5-9-13-22/h4-16,18-19H,1-3H3,(H,26,28)(H,27,29)/t18-,19-/m0/s1. The molecule has 0 heterocycles. The number of amides is 2. The highest BCUT2D eigenvalue weighted by Crippen LogP contribution is 2.22. The second-order valence-electron chi connectivity index (χ2n) is 7.15. The van der Waals surface area contributed by atoms with E-state index >= 15 is 0 Å². The lowest BCUT2D eigenvalue weighted by molar-refractivity contribution is -0.122. The Hall–Kier alpha value is -3.80. The largest absolute Gasteiger partial charge is 0.481 e. The minimum absolute atomic E-state index is 0.281. The molecule has 2 N–H and O–H groups in total. The van der Waals surface area contributed by atoms with Crippen LogP contribution in [-0.4, -0.2) is 24.0 Å². The minimum atomic E-state index is -0.681. The molecule has 0 aliphatic heterocycles. The van der Waals surface area contributed by atoms with Crippen LogP contribution in [0.25, 0.3) is 0 Å². The van der Waals surface area contributed by atoms with Gasteiger partial charge in [0, 0.05) is 11.4 Å². The number of hydrogen-bond donors (Lipinski definition) is 2. The molecule has 0 aliphatic rings. The van der Waals surface area contributed by atoms with Crippen LogP contribution in [0.3, 0.4) is 0 Å². The van der Waals surface area contributed by atoms with Crippen molar-refractivity contribution in [2.24, 2.45) is 0 Å². The number of rotatable bonds is 8. The number of carbonyl (C=O) groups excluding carboxylic acids is 2. The minimum Gasteiger partial charge on any atom is -0.481 e. The van der Waals surface area contributed by atoms with Crippen molar-refractivity contribution < 1.29 is 19.1 Å². The van der Waals surface area contributed by atoms with Crippen LogP contribution in [0, 0.1) is 6.92 Å². The molecular weight excluding hydrogens is 392 g/mol. The van der Waals surface area contributed by atoms with Crippen LogP contribution in [-0.2, 0) is 9.59 Å². The zero-order valence-corrected chi connectivity index (χ0v) is 17.8. The van der Waals surface area contributed by atoms with Gasteiger partial charge in [0.25, 0.3) is 11.8 Å². The predicted octanol–water partition coefficient (Wildman–Crippen LogP) is 4.81. The fourth-order valence-corrected chi connectivity index (χ4v) is 2.83. The molecule has 160 valence electrons. The quantitative estimate of drug-likeness (QED) is 0.551. The summed E-state index contributed by atoms with van der Waals surface area (Å²) >= 11 is 0. The highest BCUT2D eigenvalue weighted by Gasteiger charge is 2.18. The van der Waals surface area contributed by atoms with Crippen LogP contribution in [0.5, 0.6) is 11.5 Å². The summed E-state index contributed by atoms with van der Waals surface area (Å²) in [5.74, 6) is 0.673. The van der Waals surface area contributed by atoms with Crippen molar-refractivity contribution in [3.05, 3.63) is 84.4 Å². The van der Waals surface area contributed by atoms with Gasteiger partial charge in [0.2, 0.25) is 0 Å². The molecule has 0 aromatic heterocycles. The predicted molar refractivity (Wildman–Crippen MR) is 122 cm³/mol. The maximum atomic E-state index is 12.6. The molecule has 2 atom stereocenters. The summed E-state index contributed by atoms with van der Waals surface area (Å²) in [6, 6.07) is 23.6. The van der Waals surface area contributed by atoms with Gasteiger partial charge in [-0.2, -0.15) is 0 Å². The van der Waals surface area contributed by atoms with E-state index in [4.69, 9.17) is 9.47 Å². The van der Waals surface area contributed by atoms with Crippen molar-refractivity contribution in [1.82, 2.24) is 0 Å². The Morgan fingerprint density at radius 1 is 0.710 bits per heavy atom. The topological polar surface area (TPSA) is 76.7 Å². The van der Waals surface area contributed by atoms with Crippen LogP contribution in [0.2, 0.25) is 0 Å². The van der Waals surface area contributed by atoms with Gasteiger partial charge in [-0.1, -0.05) is 42.5 Å². The lowest BCUT2D eigenvalue weighted by Gasteiger charge is -2.17. The van der Waals surface area contributed by atoms with E-state index in [-0.39, 0.29) is 11.8 Å². The molecule has 0 unspecified atom stereocenters. The Kier molecular flexibility index (Phi) is 7.27. The van der Waals surface area contributed by atoms with E-state index in [1.165, 1.54) is 0 Å². The number of carbonyl (C=O) groups is 2. The lowest BCUT2D eigenvalue weighted by Crippen LogP contribution is -2.31. The zero-order valence-electron chi connectivity index (χ0n) is 17.8. The van der Waals surface area contributed by atoms with Crippen molar-refractivity contribution in [1.29, 1.82) is 0 Å². The Balaban J connectivity index is 1.61. The molecule has 2 amide bonds. The summed E-state index contributed by atoms with van der Waals surface area (Å²) in [4.78, 5) is 25.1. The summed E-state index contributed by atoms with van der Waals surface area (Å²) in [6.07, 6.45) is -1.36. The van der Waals surface area contributed by atoms with E-state index in [0.29, 0.717) is 22.9 Å². The maximum absolute atomic E-state index is 12.6. The molecule has 3 aromatic carbocycles. The molecule has 31 heavy (non-hydrogen) atoms. The first-order chi connectivity index (χ1) is 14.9. The van der Waals surface area contributed by atoms with Crippen LogP contribution in [0.1, 0.15) is 19.4 Å². The molecule has 0 radical (unpaired) electrons. The van der Waals surface area contributed by atoms with E-state index < -0.39 is 12.2 Å². The van der Waals surface area contributed by atoms with Gasteiger partial charge in [-0.3, -0.25) is 9.59 Å². The second kappa shape index (κ2) is 10.3. The Morgan fingerprint density at radius 3 is 1.71 bits per heavy atom. The van der Waals surface area contributed by atoms with Crippen molar-refractivity contribution in [3.63, 3.8) is 0 Å². The SMILES string of the molecule is Cc1ccc(NC(=O)[C@H](C)Oc2ccccc2)cc1NC(=O)[C@H](C)Oc1ccccc1. The first-order valence-electron chi connectivity index (χ1n) is 10.1. The number of aryl methyl sites for hydroxylation is 1. The van der Waals surface area contributed by atoms with Crippen molar-refractivity contribution >= 4 is 23.2 Å². The number of benzene rings is 3. The summed E-state index contributed by atoms with van der Waals surface area (Å²) in [6.45, 7) is 5.25. The molecule has 0 spiro atoms. The number of anilines is 2. The molecule has 0 saturated heterocycles. The Morgan fingerprint density at radius 2 is 1.19 bits per heavy atom. The maximum Gasteiger partial charge on any atom is 0.265 e. The summed E-state index contributed by atoms with van der Waals surface area (Å²) in [5.41, 5.74) is 2.03. The highest BCUT2D eigenvalue weighted by molar-refractivity contribution is 5.97. The van der Waals surface area contributed by atoms with Crippen LogP contribution in [0.15, 0.2) is 78.9 Å². The third-order valence-electron chi connectivity index (χ3n) is 4.61. The van der Waals surface area contributed by atoms with E-state index in [1.54, 1.807) is 50.2 Å². The molecule has 6 heteroatoms. The Bertz CT molecular complexity index is 1020. The summed E-state index contributed by atoms with van der Waals surface area (Å²) in [7, 11) is 0. The van der Waals surface area contributed by atoms with Crippen molar-refractivity contribution in [3.8, 4) is 11.5 Å². The van der Waals surface area contributed by atoms with E-state index in [9.17, 15) is 9.59 Å². The molecule has 0 fully saturated rings. The third kappa shape index (κ3) is 6.34. The first kappa shape index (κ1) is 21.9. The van der Waals surface area contributed by atoms with Crippen LogP contribution in [0.4, 0.5) is 11.4 Å². The average Bonchev–Trinajstić information content (AvgIpc) is 2.77. The van der Waals surface area contributed by atoms with Gasteiger partial charge in [-0.05, 0) is 62.7 Å². The van der Waals surface area contributed by atoms with Crippen LogP contribution < -0.4 is 20.1 Å². The molecule has 0 aliphatic carbocycles. The van der Waals surface area contributed by atoms with Crippen LogP contribution >= 0.6 is 0 Å². The fraction of sp³-hybridized carbons (Fsp3) is 0.200. The number of nitrogens with one attached hydrogen (secondary N) is 2. The van der Waals surface area contributed by atoms with Gasteiger partial charge in [-0.15, -0.1) is 0 Å². The smallest absolute Gasteiger partial charge is 0.265 e. The monoisotopic (exact) mass is 418 g/mol. The fourth-order valence-electron chi connectivity index (χ4n) is 2.83. The van der Waals surface area contributed by atoms with E-state index in [1.807, 2.05) is 49.4 Å². The number of para-hydroxylation sites is 2. The molecule has 0 bridgehead atoms. The molecular formula is C25H26N2O4. The molecule has 6 nitrogen and oxygen atoms in total. The van der Waals surface area contributed by atoms with Crippen molar-refractivity contribution in [2.75, 3.05) is 10.6 Å². The highest BCUT2D eigenvalue weighted by atomic mass is 16.5. The molecule has 0 saturated carbocycles. The lowest BCUT2D eigenvalue weighted by atomic mass is 10.1. The van der Waals surface area contributed by atoms with E-state index in [0.717, 1.165) is 5.56 Å². The van der Waals surface area contributed by atoms with Gasteiger partial charge in [-0.25, -0.2) is 0 Å². The van der Waals surface area contributed by atoms with Crippen molar-refractivity contribution in [2.45, 2.75) is 33.0 Å². The summed E-state index contributed by atoms with van der Waals surface area (Å²) < 4.78 is 11.3. The van der Waals surface area contributed by atoms with Gasteiger partial charge < -0.3 is 20.1 Å². The van der Waals surface area contributed by atoms with Gasteiger partial charge >= 0.3 is 0 Å². The average molecular weight is 418 g/mol. The first-order valence-corrected chi connectivity index (χ1v) is 10.1. The number of hydrogen-bond acceptors (Lipinski definition) is 4. The zero-order chi connectivity index (χ0) is 22.2.